The highest BCUT2D eigenvalue weighted by Crippen LogP contribution is 2.28. The third-order valence-corrected chi connectivity index (χ3v) is 4.15. The molecule has 6 nitrogen and oxygen atoms in total. The molecule has 0 unspecified atom stereocenters. The van der Waals surface area contributed by atoms with Gasteiger partial charge in [-0.15, -0.1) is 0 Å². The van der Waals surface area contributed by atoms with Gasteiger partial charge in [0.25, 0.3) is 5.69 Å². The van der Waals surface area contributed by atoms with E-state index >= 15 is 0 Å². The Kier molecular flexibility index (Phi) is 3.82. The van der Waals surface area contributed by atoms with Crippen LogP contribution in [0.3, 0.4) is 0 Å². The average Bonchev–Trinajstić information content (AvgIpc) is 3.30. The minimum absolute atomic E-state index is 0.115. The van der Waals surface area contributed by atoms with Crippen molar-refractivity contribution in [3.8, 4) is 0 Å². The van der Waals surface area contributed by atoms with Crippen molar-refractivity contribution in [1.82, 2.24) is 10.3 Å². The van der Waals surface area contributed by atoms with Crippen molar-refractivity contribution in [2.24, 2.45) is 5.92 Å². The zero-order valence-electron chi connectivity index (χ0n) is 11.5. The number of hydrogen-bond acceptors (Lipinski definition) is 5. The maximum Gasteiger partial charge on any atom is 0.274 e. The van der Waals surface area contributed by atoms with Gasteiger partial charge in [-0.05, 0) is 38.1 Å². The number of pyridine rings is 1. The molecule has 0 aromatic carbocycles. The van der Waals surface area contributed by atoms with Crippen molar-refractivity contribution in [2.75, 3.05) is 24.5 Å². The van der Waals surface area contributed by atoms with E-state index in [1.54, 1.807) is 6.07 Å². The van der Waals surface area contributed by atoms with E-state index in [9.17, 15) is 10.1 Å². The highest BCUT2D eigenvalue weighted by molar-refractivity contribution is 5.46. The fraction of sp³-hybridized carbons (Fsp3) is 0.643. The molecule has 1 aromatic rings. The molecule has 0 atom stereocenters. The molecule has 2 aliphatic rings. The first kappa shape index (κ1) is 13.3. The first-order chi connectivity index (χ1) is 9.72. The second-order valence-electron chi connectivity index (χ2n) is 5.74. The number of nitrogens with one attached hydrogen (secondary N) is 1. The van der Waals surface area contributed by atoms with Crippen LogP contribution in [0.25, 0.3) is 0 Å². The summed E-state index contributed by atoms with van der Waals surface area (Å²) in [4.78, 5) is 16.8. The summed E-state index contributed by atoms with van der Waals surface area (Å²) in [5.74, 6) is 1.63. The molecule has 0 bridgehead atoms. The van der Waals surface area contributed by atoms with Crippen LogP contribution in [0.2, 0.25) is 0 Å². The number of rotatable bonds is 5. The topological polar surface area (TPSA) is 71.3 Å². The summed E-state index contributed by atoms with van der Waals surface area (Å²) in [5, 5.41) is 14.4. The minimum Gasteiger partial charge on any atom is -0.356 e. The summed E-state index contributed by atoms with van der Waals surface area (Å²) in [6, 6.07) is 3.59. The first-order valence-corrected chi connectivity index (χ1v) is 7.31. The van der Waals surface area contributed by atoms with Gasteiger partial charge in [0, 0.05) is 31.4 Å². The van der Waals surface area contributed by atoms with Crippen LogP contribution in [0.15, 0.2) is 18.3 Å². The largest absolute Gasteiger partial charge is 0.356 e. The molecule has 1 aliphatic heterocycles. The van der Waals surface area contributed by atoms with Gasteiger partial charge < -0.3 is 10.2 Å². The van der Waals surface area contributed by atoms with Gasteiger partial charge in [-0.1, -0.05) is 0 Å². The summed E-state index contributed by atoms with van der Waals surface area (Å²) in [5.41, 5.74) is 0.115. The molecule has 6 heteroatoms. The van der Waals surface area contributed by atoms with Gasteiger partial charge in [-0.25, -0.2) is 4.98 Å². The molecule has 2 heterocycles. The quantitative estimate of drug-likeness (QED) is 0.657. The van der Waals surface area contributed by atoms with Gasteiger partial charge in [-0.3, -0.25) is 10.1 Å². The van der Waals surface area contributed by atoms with E-state index in [1.807, 2.05) is 0 Å². The molecule has 0 radical (unpaired) electrons. The molecule has 1 saturated heterocycles. The van der Waals surface area contributed by atoms with E-state index in [4.69, 9.17) is 0 Å². The molecule has 1 aromatic heterocycles. The number of nitro groups is 1. The van der Waals surface area contributed by atoms with Crippen LogP contribution in [0.5, 0.6) is 0 Å². The Morgan fingerprint density at radius 2 is 2.10 bits per heavy atom. The van der Waals surface area contributed by atoms with Crippen LogP contribution in [0.4, 0.5) is 11.5 Å². The summed E-state index contributed by atoms with van der Waals surface area (Å²) < 4.78 is 0. The Labute approximate surface area is 118 Å². The Morgan fingerprint density at radius 3 is 2.75 bits per heavy atom. The van der Waals surface area contributed by atoms with Crippen molar-refractivity contribution in [3.63, 3.8) is 0 Å². The summed E-state index contributed by atoms with van der Waals surface area (Å²) in [7, 11) is 0. The SMILES string of the molecule is O=[N+]([O-])c1ccnc(N2CCC(NCC3CC3)CC2)c1. The molecule has 20 heavy (non-hydrogen) atoms. The minimum atomic E-state index is -0.366. The Balaban J connectivity index is 1.54. The van der Waals surface area contributed by atoms with E-state index in [2.05, 4.69) is 15.2 Å². The molecule has 3 rings (SSSR count). The van der Waals surface area contributed by atoms with Crippen LogP contribution in [-0.4, -0.2) is 35.6 Å². The first-order valence-electron chi connectivity index (χ1n) is 7.31. The summed E-state index contributed by atoms with van der Waals surface area (Å²) >= 11 is 0. The van der Waals surface area contributed by atoms with Crippen molar-refractivity contribution >= 4 is 11.5 Å². The second-order valence-corrected chi connectivity index (χ2v) is 5.74. The summed E-state index contributed by atoms with van der Waals surface area (Å²) in [6.07, 6.45) is 6.44. The van der Waals surface area contributed by atoms with Crippen molar-refractivity contribution in [2.45, 2.75) is 31.7 Å². The molecule has 1 N–H and O–H groups in total. The van der Waals surface area contributed by atoms with Crippen LogP contribution in [-0.2, 0) is 0 Å². The lowest BCUT2D eigenvalue weighted by atomic mass is 10.0. The molecular weight excluding hydrogens is 256 g/mol. The molecule has 0 amide bonds. The Bertz CT molecular complexity index is 482. The molecule has 2 fully saturated rings. The third kappa shape index (κ3) is 3.25. The smallest absolute Gasteiger partial charge is 0.274 e. The molecule has 1 saturated carbocycles. The van der Waals surface area contributed by atoms with Crippen molar-refractivity contribution in [1.29, 1.82) is 0 Å². The highest BCUT2D eigenvalue weighted by Gasteiger charge is 2.25. The van der Waals surface area contributed by atoms with Crippen LogP contribution >= 0.6 is 0 Å². The highest BCUT2D eigenvalue weighted by atomic mass is 16.6. The molecule has 108 valence electrons. The zero-order chi connectivity index (χ0) is 13.9. The Hall–Kier alpha value is -1.69. The number of hydrogen-bond donors (Lipinski definition) is 1. The standard InChI is InChI=1S/C14H20N4O2/c19-18(20)13-3-6-15-14(9-13)17-7-4-12(5-8-17)16-10-11-1-2-11/h3,6,9,11-12,16H,1-2,4-5,7-8,10H2. The van der Waals surface area contributed by atoms with Gasteiger partial charge in [0.05, 0.1) is 11.0 Å². The predicted octanol–water partition coefficient (Wildman–Crippen LogP) is 1.96. The maximum absolute atomic E-state index is 10.8. The van der Waals surface area contributed by atoms with E-state index < -0.39 is 0 Å². The molecule has 1 aliphatic carbocycles. The van der Waals surface area contributed by atoms with E-state index in [1.165, 1.54) is 25.1 Å². The molecule has 0 spiro atoms. The van der Waals surface area contributed by atoms with E-state index in [0.717, 1.165) is 44.2 Å². The maximum atomic E-state index is 10.8. The monoisotopic (exact) mass is 276 g/mol. The fourth-order valence-electron chi connectivity index (χ4n) is 2.66. The fourth-order valence-corrected chi connectivity index (χ4v) is 2.66. The third-order valence-electron chi connectivity index (χ3n) is 4.15. The van der Waals surface area contributed by atoms with Crippen molar-refractivity contribution < 1.29 is 4.92 Å². The second kappa shape index (κ2) is 5.75. The van der Waals surface area contributed by atoms with Crippen LogP contribution in [0, 0.1) is 16.0 Å². The number of anilines is 1. The van der Waals surface area contributed by atoms with Gasteiger partial charge >= 0.3 is 0 Å². The van der Waals surface area contributed by atoms with Crippen LogP contribution < -0.4 is 10.2 Å². The summed E-state index contributed by atoms with van der Waals surface area (Å²) in [6.45, 7) is 2.98. The number of aromatic nitrogens is 1. The predicted molar refractivity (Wildman–Crippen MR) is 76.9 cm³/mol. The van der Waals surface area contributed by atoms with Crippen LogP contribution in [0.1, 0.15) is 25.7 Å². The normalized spacial score (nSPS) is 20.1. The average molecular weight is 276 g/mol. The van der Waals surface area contributed by atoms with Gasteiger partial charge in [0.15, 0.2) is 0 Å². The lowest BCUT2D eigenvalue weighted by Gasteiger charge is -2.33. The van der Waals surface area contributed by atoms with Crippen molar-refractivity contribution in [3.05, 3.63) is 28.4 Å². The number of nitrogens with zero attached hydrogens (tertiary/aromatic N) is 3. The van der Waals surface area contributed by atoms with Gasteiger partial charge in [-0.2, -0.15) is 0 Å². The van der Waals surface area contributed by atoms with Gasteiger partial charge in [0.1, 0.15) is 5.82 Å². The lowest BCUT2D eigenvalue weighted by Crippen LogP contribution is -2.43. The number of piperidine rings is 1. The zero-order valence-corrected chi connectivity index (χ0v) is 11.5. The molecular formula is C14H20N4O2. The van der Waals surface area contributed by atoms with Gasteiger partial charge in [0.2, 0.25) is 0 Å². The lowest BCUT2D eigenvalue weighted by molar-refractivity contribution is -0.384. The van der Waals surface area contributed by atoms with E-state index in [0.29, 0.717) is 6.04 Å². The Morgan fingerprint density at radius 1 is 1.35 bits per heavy atom. The van der Waals surface area contributed by atoms with E-state index in [-0.39, 0.29) is 10.6 Å².